The number of hydrogen-bond acceptors (Lipinski definition) is 3. The normalized spacial score (nSPS) is 11.0. The summed E-state index contributed by atoms with van der Waals surface area (Å²) < 4.78 is 0. The van der Waals surface area contributed by atoms with Crippen LogP contribution < -0.4 is 10.2 Å². The average molecular weight is 551 g/mol. The number of rotatable bonds is 7. The lowest BCUT2D eigenvalue weighted by molar-refractivity contribution is 0.246. The molecule has 5 rings (SSSR count). The van der Waals surface area contributed by atoms with Crippen molar-refractivity contribution in [3.8, 4) is 22.6 Å². The number of fused-ring (bicyclic) bond motifs is 1. The number of carbonyl (C=O) groups excluding carboxylic acids is 1. The van der Waals surface area contributed by atoms with Crippen molar-refractivity contribution in [2.45, 2.75) is 26.8 Å². The topological polar surface area (TPSA) is 72.8 Å². The lowest BCUT2D eigenvalue weighted by atomic mass is 9.90. The van der Waals surface area contributed by atoms with Crippen LogP contribution in [0.4, 0.5) is 10.5 Å². The molecule has 0 aliphatic heterocycles. The van der Waals surface area contributed by atoms with E-state index in [1.807, 2.05) is 68.4 Å². The van der Waals surface area contributed by atoms with Crippen molar-refractivity contribution >= 4 is 34.1 Å². The first-order valence-corrected chi connectivity index (χ1v) is 13.6. The smallest absolute Gasteiger partial charge is 0.322 e. The minimum Gasteiger partial charge on any atom is -0.508 e. The molecule has 0 spiro atoms. The van der Waals surface area contributed by atoms with E-state index in [9.17, 15) is 15.0 Å². The standard InChI is InChI=1S/C34H31ClN2O3/c1-3-37(33-6-4-5-32(35)22(33)2)34(40)36-21-24-9-7-23(8-10-24)19-31-29(25-11-14-27(38)15-12-25)17-13-26-20-28(39)16-18-30(26)31/h4-18,20,38-39H,3,19,21H2,1-2H3,(H,36,40). The number of urea groups is 1. The Morgan fingerprint density at radius 1 is 0.850 bits per heavy atom. The predicted molar refractivity (Wildman–Crippen MR) is 163 cm³/mol. The second-order valence-corrected chi connectivity index (χ2v) is 10.2. The van der Waals surface area contributed by atoms with Crippen LogP contribution >= 0.6 is 11.6 Å². The number of halogens is 1. The van der Waals surface area contributed by atoms with Crippen molar-refractivity contribution in [1.29, 1.82) is 0 Å². The SMILES string of the molecule is CCN(C(=O)NCc1ccc(Cc2c(-c3ccc(O)cc3)ccc3cc(O)ccc23)cc1)c1cccc(Cl)c1C. The summed E-state index contributed by atoms with van der Waals surface area (Å²) >= 11 is 6.28. The van der Waals surface area contributed by atoms with Gasteiger partial charge in [0.05, 0.1) is 0 Å². The summed E-state index contributed by atoms with van der Waals surface area (Å²) in [5.41, 5.74) is 7.03. The number of amides is 2. The summed E-state index contributed by atoms with van der Waals surface area (Å²) in [6, 6.07) is 30.4. The fraction of sp³-hybridized carbons (Fsp3) is 0.147. The summed E-state index contributed by atoms with van der Waals surface area (Å²) in [6.45, 7) is 4.79. The van der Waals surface area contributed by atoms with Crippen molar-refractivity contribution in [3.63, 3.8) is 0 Å². The van der Waals surface area contributed by atoms with Crippen LogP contribution in [0.25, 0.3) is 21.9 Å². The van der Waals surface area contributed by atoms with E-state index >= 15 is 0 Å². The molecule has 0 aliphatic carbocycles. The Kier molecular flexibility index (Phi) is 7.94. The lowest BCUT2D eigenvalue weighted by Crippen LogP contribution is -2.40. The molecule has 0 atom stereocenters. The van der Waals surface area contributed by atoms with Gasteiger partial charge in [0, 0.05) is 23.8 Å². The first-order chi connectivity index (χ1) is 19.3. The van der Waals surface area contributed by atoms with Crippen LogP contribution in [0, 0.1) is 6.92 Å². The molecule has 202 valence electrons. The van der Waals surface area contributed by atoms with Gasteiger partial charge in [0.2, 0.25) is 0 Å². The van der Waals surface area contributed by atoms with Gasteiger partial charge in [0.25, 0.3) is 0 Å². The van der Waals surface area contributed by atoms with Gasteiger partial charge in [-0.2, -0.15) is 0 Å². The van der Waals surface area contributed by atoms with Crippen LogP contribution in [0.5, 0.6) is 11.5 Å². The molecule has 6 heteroatoms. The van der Waals surface area contributed by atoms with E-state index in [0.29, 0.717) is 24.5 Å². The quantitative estimate of drug-likeness (QED) is 0.191. The Morgan fingerprint density at radius 2 is 1.55 bits per heavy atom. The molecule has 5 nitrogen and oxygen atoms in total. The average Bonchev–Trinajstić information content (AvgIpc) is 2.96. The van der Waals surface area contributed by atoms with Gasteiger partial charge in [0.15, 0.2) is 0 Å². The molecule has 0 fully saturated rings. The van der Waals surface area contributed by atoms with E-state index in [2.05, 4.69) is 23.5 Å². The predicted octanol–water partition coefficient (Wildman–Crippen LogP) is 8.21. The maximum atomic E-state index is 13.0. The van der Waals surface area contributed by atoms with Gasteiger partial charge in [0.1, 0.15) is 11.5 Å². The number of benzene rings is 5. The van der Waals surface area contributed by atoms with E-state index in [4.69, 9.17) is 11.6 Å². The first kappa shape index (κ1) is 27.1. The van der Waals surface area contributed by atoms with Gasteiger partial charge in [-0.15, -0.1) is 0 Å². The Labute approximate surface area is 239 Å². The molecular weight excluding hydrogens is 520 g/mol. The Bertz CT molecular complexity index is 1660. The summed E-state index contributed by atoms with van der Waals surface area (Å²) in [5.74, 6) is 0.456. The fourth-order valence-corrected chi connectivity index (χ4v) is 5.22. The highest BCUT2D eigenvalue weighted by molar-refractivity contribution is 6.31. The Hall–Kier alpha value is -4.48. The van der Waals surface area contributed by atoms with E-state index in [1.165, 1.54) is 0 Å². The Balaban J connectivity index is 1.35. The van der Waals surface area contributed by atoms with Crippen molar-refractivity contribution in [2.75, 3.05) is 11.4 Å². The monoisotopic (exact) mass is 550 g/mol. The number of phenolic OH excluding ortho intramolecular Hbond substituents is 2. The first-order valence-electron chi connectivity index (χ1n) is 13.3. The third-order valence-corrected chi connectivity index (χ3v) is 7.64. The van der Waals surface area contributed by atoms with Gasteiger partial charge < -0.3 is 15.5 Å². The van der Waals surface area contributed by atoms with Crippen molar-refractivity contribution in [3.05, 3.63) is 124 Å². The zero-order valence-corrected chi connectivity index (χ0v) is 23.2. The minimum absolute atomic E-state index is 0.172. The summed E-state index contributed by atoms with van der Waals surface area (Å²) in [6.07, 6.45) is 0.683. The molecule has 5 aromatic carbocycles. The largest absolute Gasteiger partial charge is 0.508 e. The van der Waals surface area contributed by atoms with Crippen molar-refractivity contribution in [2.24, 2.45) is 0 Å². The van der Waals surface area contributed by atoms with E-state index in [-0.39, 0.29) is 17.5 Å². The zero-order chi connectivity index (χ0) is 28.2. The number of hydrogen-bond donors (Lipinski definition) is 3. The fourth-order valence-electron chi connectivity index (χ4n) is 5.05. The molecular formula is C34H31ClN2O3. The van der Waals surface area contributed by atoms with Gasteiger partial charge in [-0.05, 0) is 101 Å². The lowest BCUT2D eigenvalue weighted by Gasteiger charge is -2.24. The maximum absolute atomic E-state index is 13.0. The van der Waals surface area contributed by atoms with Crippen molar-refractivity contribution in [1.82, 2.24) is 5.32 Å². The molecule has 2 amide bonds. The molecule has 40 heavy (non-hydrogen) atoms. The van der Waals surface area contributed by atoms with Gasteiger partial charge in [-0.3, -0.25) is 4.90 Å². The van der Waals surface area contributed by atoms with Crippen LogP contribution in [0.3, 0.4) is 0 Å². The van der Waals surface area contributed by atoms with Gasteiger partial charge >= 0.3 is 6.03 Å². The molecule has 0 radical (unpaired) electrons. The van der Waals surface area contributed by atoms with Crippen LogP contribution in [-0.2, 0) is 13.0 Å². The zero-order valence-electron chi connectivity index (χ0n) is 22.5. The summed E-state index contributed by atoms with van der Waals surface area (Å²) in [5, 5.41) is 25.5. The van der Waals surface area contributed by atoms with Crippen LogP contribution in [0.15, 0.2) is 97.1 Å². The van der Waals surface area contributed by atoms with Gasteiger partial charge in [-0.1, -0.05) is 72.3 Å². The third kappa shape index (κ3) is 5.75. The van der Waals surface area contributed by atoms with Crippen LogP contribution in [0.2, 0.25) is 5.02 Å². The molecule has 0 unspecified atom stereocenters. The molecule has 0 aliphatic rings. The number of carbonyl (C=O) groups is 1. The molecule has 0 heterocycles. The number of anilines is 1. The van der Waals surface area contributed by atoms with Crippen LogP contribution in [-0.4, -0.2) is 22.8 Å². The van der Waals surface area contributed by atoms with E-state index in [1.54, 1.807) is 29.2 Å². The second-order valence-electron chi connectivity index (χ2n) is 9.82. The molecule has 3 N–H and O–H groups in total. The number of phenols is 2. The number of nitrogens with zero attached hydrogens (tertiary/aromatic N) is 1. The maximum Gasteiger partial charge on any atom is 0.322 e. The highest BCUT2D eigenvalue weighted by atomic mass is 35.5. The third-order valence-electron chi connectivity index (χ3n) is 7.23. The highest BCUT2D eigenvalue weighted by Gasteiger charge is 2.17. The molecule has 0 saturated heterocycles. The van der Waals surface area contributed by atoms with E-state index in [0.717, 1.165) is 49.8 Å². The summed E-state index contributed by atoms with van der Waals surface area (Å²) in [7, 11) is 0. The molecule has 0 saturated carbocycles. The van der Waals surface area contributed by atoms with Crippen molar-refractivity contribution < 1.29 is 15.0 Å². The molecule has 5 aromatic rings. The van der Waals surface area contributed by atoms with Gasteiger partial charge in [-0.25, -0.2) is 4.79 Å². The molecule has 0 bridgehead atoms. The van der Waals surface area contributed by atoms with E-state index < -0.39 is 0 Å². The Morgan fingerprint density at radius 3 is 2.27 bits per heavy atom. The minimum atomic E-state index is -0.172. The highest BCUT2D eigenvalue weighted by Crippen LogP contribution is 2.34. The summed E-state index contributed by atoms with van der Waals surface area (Å²) in [4.78, 5) is 14.7. The molecule has 0 aromatic heterocycles. The van der Waals surface area contributed by atoms with Crippen LogP contribution in [0.1, 0.15) is 29.2 Å². The second kappa shape index (κ2) is 11.7. The number of aromatic hydroxyl groups is 2. The number of nitrogens with one attached hydrogen (secondary N) is 1.